The summed E-state index contributed by atoms with van der Waals surface area (Å²) in [6.45, 7) is 0.420. The summed E-state index contributed by atoms with van der Waals surface area (Å²) in [7, 11) is 1.31. The number of nitrogens with one attached hydrogen (secondary N) is 1. The number of imide groups is 2. The molecule has 138 valence electrons. The molecule has 2 aromatic rings. The van der Waals surface area contributed by atoms with E-state index in [1.807, 2.05) is 24.3 Å². The quantitative estimate of drug-likeness (QED) is 0.364. The standard InChI is InChI=1S/C19H14BrIN2O4/c1-23-18(25)14(17(24)22-19(23)26)8-12-4-7-16(15(20)9-12)27-10-11-2-5-13(21)6-3-11/h2-9H,10H2,1H3,(H,22,24,26). The van der Waals surface area contributed by atoms with Crippen molar-refractivity contribution in [2.75, 3.05) is 7.05 Å². The molecular formula is C19H14BrIN2O4. The van der Waals surface area contributed by atoms with Crippen LogP contribution >= 0.6 is 38.5 Å². The van der Waals surface area contributed by atoms with E-state index in [2.05, 4.69) is 43.8 Å². The van der Waals surface area contributed by atoms with Gasteiger partial charge in [-0.1, -0.05) is 18.2 Å². The summed E-state index contributed by atoms with van der Waals surface area (Å²) >= 11 is 5.69. The summed E-state index contributed by atoms with van der Waals surface area (Å²) < 4.78 is 7.66. The number of benzene rings is 2. The number of halogens is 2. The van der Waals surface area contributed by atoms with Gasteiger partial charge >= 0.3 is 6.03 Å². The average molecular weight is 541 g/mol. The van der Waals surface area contributed by atoms with Gasteiger partial charge in [-0.3, -0.25) is 19.8 Å². The number of urea groups is 1. The predicted molar refractivity (Wildman–Crippen MR) is 112 cm³/mol. The van der Waals surface area contributed by atoms with Crippen molar-refractivity contribution in [2.45, 2.75) is 6.61 Å². The average Bonchev–Trinajstić information content (AvgIpc) is 2.64. The number of carbonyl (C=O) groups is 3. The normalized spacial score (nSPS) is 15.9. The molecule has 6 nitrogen and oxygen atoms in total. The maximum atomic E-state index is 12.1. The first-order chi connectivity index (χ1) is 12.8. The molecule has 1 saturated heterocycles. The van der Waals surface area contributed by atoms with E-state index < -0.39 is 17.8 Å². The van der Waals surface area contributed by atoms with Crippen molar-refractivity contribution in [1.29, 1.82) is 0 Å². The second-order valence-corrected chi connectivity index (χ2v) is 7.89. The largest absolute Gasteiger partial charge is 0.488 e. The summed E-state index contributed by atoms with van der Waals surface area (Å²) in [5, 5.41) is 2.12. The SMILES string of the molecule is CN1C(=O)NC(=O)C(=Cc2ccc(OCc3ccc(I)cc3)c(Br)c2)C1=O. The zero-order valence-corrected chi connectivity index (χ0v) is 17.9. The van der Waals surface area contributed by atoms with Crippen molar-refractivity contribution < 1.29 is 19.1 Å². The fraction of sp³-hybridized carbons (Fsp3) is 0.105. The smallest absolute Gasteiger partial charge is 0.331 e. The number of ether oxygens (including phenoxy) is 1. The van der Waals surface area contributed by atoms with Crippen LogP contribution in [0.2, 0.25) is 0 Å². The van der Waals surface area contributed by atoms with E-state index in [0.29, 0.717) is 22.4 Å². The van der Waals surface area contributed by atoms with Crippen molar-refractivity contribution in [2.24, 2.45) is 0 Å². The molecule has 0 spiro atoms. The molecule has 1 aliphatic heterocycles. The van der Waals surface area contributed by atoms with Gasteiger partial charge in [0.2, 0.25) is 0 Å². The minimum Gasteiger partial charge on any atom is -0.488 e. The Kier molecular flexibility index (Phi) is 5.95. The van der Waals surface area contributed by atoms with Gasteiger partial charge < -0.3 is 4.74 Å². The number of amides is 4. The Morgan fingerprint density at radius 2 is 1.85 bits per heavy atom. The number of likely N-dealkylation sites (N-methyl/N-ethyl adjacent to an activating group) is 1. The molecule has 27 heavy (non-hydrogen) atoms. The van der Waals surface area contributed by atoms with Crippen molar-refractivity contribution in [1.82, 2.24) is 10.2 Å². The molecule has 1 N–H and O–H groups in total. The van der Waals surface area contributed by atoms with Gasteiger partial charge in [0.25, 0.3) is 11.8 Å². The molecule has 0 unspecified atom stereocenters. The van der Waals surface area contributed by atoms with Crippen LogP contribution < -0.4 is 10.1 Å². The van der Waals surface area contributed by atoms with Gasteiger partial charge in [-0.25, -0.2) is 4.79 Å². The molecule has 0 atom stereocenters. The van der Waals surface area contributed by atoms with Crippen LogP contribution in [-0.4, -0.2) is 29.8 Å². The summed E-state index contributed by atoms with van der Waals surface area (Å²) in [5.74, 6) is -0.709. The number of rotatable bonds is 4. The second kappa shape index (κ2) is 8.22. The van der Waals surface area contributed by atoms with Crippen LogP contribution in [0.4, 0.5) is 4.79 Å². The molecule has 1 heterocycles. The lowest BCUT2D eigenvalue weighted by atomic mass is 10.1. The van der Waals surface area contributed by atoms with Crippen LogP contribution in [0.25, 0.3) is 6.08 Å². The van der Waals surface area contributed by atoms with E-state index in [-0.39, 0.29) is 5.57 Å². The van der Waals surface area contributed by atoms with Gasteiger partial charge in [0.15, 0.2) is 0 Å². The second-order valence-electron chi connectivity index (χ2n) is 5.79. The van der Waals surface area contributed by atoms with Crippen LogP contribution in [0, 0.1) is 3.57 Å². The van der Waals surface area contributed by atoms with Crippen LogP contribution in [0.15, 0.2) is 52.5 Å². The van der Waals surface area contributed by atoms with Crippen molar-refractivity contribution in [3.05, 3.63) is 67.2 Å². The summed E-state index contributed by atoms with van der Waals surface area (Å²) in [6.07, 6.45) is 1.44. The fourth-order valence-electron chi connectivity index (χ4n) is 2.38. The molecule has 0 radical (unpaired) electrons. The van der Waals surface area contributed by atoms with E-state index in [4.69, 9.17) is 4.74 Å². The third-order valence-corrected chi connectivity index (χ3v) is 5.22. The first kappa shape index (κ1) is 19.6. The molecule has 0 bridgehead atoms. The summed E-state index contributed by atoms with van der Waals surface area (Å²) in [5.41, 5.74) is 1.58. The Morgan fingerprint density at radius 1 is 1.15 bits per heavy atom. The van der Waals surface area contributed by atoms with Gasteiger partial charge in [-0.15, -0.1) is 0 Å². The van der Waals surface area contributed by atoms with E-state index in [1.54, 1.807) is 18.2 Å². The van der Waals surface area contributed by atoms with Crippen molar-refractivity contribution in [3.8, 4) is 5.75 Å². The number of hydrogen-bond acceptors (Lipinski definition) is 4. The van der Waals surface area contributed by atoms with Gasteiger partial charge in [0, 0.05) is 10.6 Å². The lowest BCUT2D eigenvalue weighted by molar-refractivity contribution is -0.129. The first-order valence-corrected chi connectivity index (χ1v) is 9.74. The Hall–Kier alpha value is -2.20. The van der Waals surface area contributed by atoms with Crippen LogP contribution in [0.3, 0.4) is 0 Å². The maximum Gasteiger partial charge on any atom is 0.331 e. The highest BCUT2D eigenvalue weighted by atomic mass is 127. The molecule has 1 aliphatic rings. The Balaban J connectivity index is 1.76. The monoisotopic (exact) mass is 540 g/mol. The summed E-state index contributed by atoms with van der Waals surface area (Å²) in [6, 6.07) is 12.5. The first-order valence-electron chi connectivity index (χ1n) is 7.87. The number of carbonyl (C=O) groups excluding carboxylic acids is 3. The topological polar surface area (TPSA) is 75.7 Å². The fourth-order valence-corrected chi connectivity index (χ4v) is 3.25. The van der Waals surface area contributed by atoms with E-state index in [9.17, 15) is 14.4 Å². The number of nitrogens with zero attached hydrogens (tertiary/aromatic N) is 1. The van der Waals surface area contributed by atoms with Gasteiger partial charge in [-0.05, 0) is 80.0 Å². The molecule has 1 fully saturated rings. The molecule has 0 saturated carbocycles. The predicted octanol–water partition coefficient (Wildman–Crippen LogP) is 3.72. The third kappa shape index (κ3) is 4.56. The van der Waals surface area contributed by atoms with Crippen molar-refractivity contribution in [3.63, 3.8) is 0 Å². The minimum atomic E-state index is -0.734. The Morgan fingerprint density at radius 3 is 2.52 bits per heavy atom. The Labute approximate surface area is 177 Å². The molecule has 0 aromatic heterocycles. The zero-order valence-electron chi connectivity index (χ0n) is 14.2. The highest BCUT2D eigenvalue weighted by molar-refractivity contribution is 14.1. The van der Waals surface area contributed by atoms with Gasteiger partial charge in [-0.2, -0.15) is 0 Å². The van der Waals surface area contributed by atoms with Crippen LogP contribution in [-0.2, 0) is 16.2 Å². The van der Waals surface area contributed by atoms with E-state index in [1.165, 1.54) is 13.1 Å². The van der Waals surface area contributed by atoms with Crippen molar-refractivity contribution >= 4 is 62.4 Å². The van der Waals surface area contributed by atoms with Gasteiger partial charge in [0.05, 0.1) is 4.47 Å². The van der Waals surface area contributed by atoms with Crippen LogP contribution in [0.5, 0.6) is 5.75 Å². The molecule has 4 amide bonds. The number of barbiturate groups is 1. The molecular weight excluding hydrogens is 527 g/mol. The van der Waals surface area contributed by atoms with Crippen LogP contribution in [0.1, 0.15) is 11.1 Å². The maximum absolute atomic E-state index is 12.1. The highest BCUT2D eigenvalue weighted by Crippen LogP contribution is 2.28. The lowest BCUT2D eigenvalue weighted by Crippen LogP contribution is -2.52. The lowest BCUT2D eigenvalue weighted by Gasteiger charge is -2.22. The molecule has 2 aromatic carbocycles. The molecule has 3 rings (SSSR count). The van der Waals surface area contributed by atoms with E-state index >= 15 is 0 Å². The van der Waals surface area contributed by atoms with Gasteiger partial charge in [0.1, 0.15) is 17.9 Å². The summed E-state index contributed by atoms with van der Waals surface area (Å²) in [4.78, 5) is 36.3. The van der Waals surface area contributed by atoms with E-state index in [0.717, 1.165) is 14.0 Å². The minimum absolute atomic E-state index is 0.100. The molecule has 8 heteroatoms. The zero-order chi connectivity index (χ0) is 19.6. The number of hydrogen-bond donors (Lipinski definition) is 1. The third-order valence-electron chi connectivity index (χ3n) is 3.88. The highest BCUT2D eigenvalue weighted by Gasteiger charge is 2.32. The Bertz CT molecular complexity index is 957. The molecule has 0 aliphatic carbocycles.